The van der Waals surface area contributed by atoms with E-state index >= 15 is 0 Å². The molecule has 134 valence electrons. The summed E-state index contributed by atoms with van der Waals surface area (Å²) in [7, 11) is 0. The predicted octanol–water partition coefficient (Wildman–Crippen LogP) is 1.56. The van der Waals surface area contributed by atoms with E-state index in [1.165, 1.54) is 29.1 Å². The first kappa shape index (κ1) is 20.3. The lowest BCUT2D eigenvalue weighted by Crippen LogP contribution is -2.31. The number of hydrogen-bond donors (Lipinski definition) is 4. The number of thiophene rings is 1. The van der Waals surface area contributed by atoms with Gasteiger partial charge < -0.3 is 20.8 Å². The number of carbonyl (C=O) groups is 3. The fraction of sp³-hybridized carbons (Fsp3) is 0.188. The first-order chi connectivity index (χ1) is 11.9. The van der Waals surface area contributed by atoms with E-state index in [1.807, 2.05) is 11.4 Å². The molecule has 1 amide bonds. The number of benzene rings is 1. The van der Waals surface area contributed by atoms with Gasteiger partial charge in [-0.1, -0.05) is 6.07 Å². The van der Waals surface area contributed by atoms with Crippen LogP contribution >= 0.6 is 11.3 Å². The van der Waals surface area contributed by atoms with E-state index < -0.39 is 11.9 Å². The molecule has 1 aromatic carbocycles. The van der Waals surface area contributed by atoms with Crippen LogP contribution in [-0.2, 0) is 16.1 Å². The van der Waals surface area contributed by atoms with Gasteiger partial charge >= 0.3 is 11.9 Å². The zero-order chi connectivity index (χ0) is 18.7. The van der Waals surface area contributed by atoms with E-state index in [0.717, 1.165) is 6.54 Å². The summed E-state index contributed by atoms with van der Waals surface area (Å²) in [6, 6.07) is 9.59. The Balaban J connectivity index is 0.000000450. The molecule has 9 heteroatoms. The van der Waals surface area contributed by atoms with Crippen LogP contribution in [0.25, 0.3) is 0 Å². The highest BCUT2D eigenvalue weighted by Crippen LogP contribution is 2.06. The van der Waals surface area contributed by atoms with Crippen LogP contribution in [-0.4, -0.2) is 41.1 Å². The van der Waals surface area contributed by atoms with Crippen LogP contribution in [0, 0.1) is 5.82 Å². The van der Waals surface area contributed by atoms with Crippen molar-refractivity contribution in [2.24, 2.45) is 0 Å². The van der Waals surface area contributed by atoms with Crippen LogP contribution in [0.2, 0.25) is 0 Å². The molecule has 0 fully saturated rings. The molecule has 4 N–H and O–H groups in total. The molecule has 0 aliphatic carbocycles. The molecule has 0 saturated carbocycles. The molecule has 0 spiro atoms. The average molecular weight is 368 g/mol. The Hall–Kier alpha value is -2.78. The molecule has 0 radical (unpaired) electrons. The van der Waals surface area contributed by atoms with Gasteiger partial charge in [-0.2, -0.15) is 0 Å². The summed E-state index contributed by atoms with van der Waals surface area (Å²) < 4.78 is 12.7. The fourth-order valence-electron chi connectivity index (χ4n) is 1.59. The molecule has 7 nitrogen and oxygen atoms in total. The average Bonchev–Trinajstić information content (AvgIpc) is 3.09. The van der Waals surface area contributed by atoms with Crippen molar-refractivity contribution in [3.63, 3.8) is 0 Å². The van der Waals surface area contributed by atoms with Crippen LogP contribution in [0.1, 0.15) is 15.2 Å². The molecule has 2 rings (SSSR count). The highest BCUT2D eigenvalue weighted by Gasteiger charge is 2.04. The van der Waals surface area contributed by atoms with Crippen molar-refractivity contribution in [3.8, 4) is 0 Å². The molecule has 0 aliphatic heterocycles. The first-order valence-corrected chi connectivity index (χ1v) is 8.01. The van der Waals surface area contributed by atoms with Gasteiger partial charge in [0.15, 0.2) is 0 Å². The quantitative estimate of drug-likeness (QED) is 0.454. The van der Waals surface area contributed by atoms with E-state index in [2.05, 4.69) is 16.7 Å². The van der Waals surface area contributed by atoms with Crippen molar-refractivity contribution < 1.29 is 29.0 Å². The molecular formula is C16H17FN2O5S. The Labute approximate surface area is 147 Å². The van der Waals surface area contributed by atoms with Crippen molar-refractivity contribution in [2.45, 2.75) is 6.54 Å². The lowest BCUT2D eigenvalue weighted by molar-refractivity contribution is -0.159. The Kier molecular flexibility index (Phi) is 8.83. The number of nitrogens with one attached hydrogen (secondary N) is 2. The lowest BCUT2D eigenvalue weighted by Gasteiger charge is -2.06. The van der Waals surface area contributed by atoms with Crippen molar-refractivity contribution >= 4 is 29.2 Å². The Morgan fingerprint density at radius 2 is 1.64 bits per heavy atom. The number of carboxylic acid groups (broad SMARTS) is 2. The SMILES string of the molecule is O=C(NCCNCc1cccs1)c1ccc(F)cc1.O=C(O)C(=O)O. The summed E-state index contributed by atoms with van der Waals surface area (Å²) in [5.41, 5.74) is 0.472. The second kappa shape index (κ2) is 10.9. The lowest BCUT2D eigenvalue weighted by atomic mass is 10.2. The Morgan fingerprint density at radius 1 is 1.00 bits per heavy atom. The van der Waals surface area contributed by atoms with Gasteiger partial charge in [-0.05, 0) is 35.7 Å². The molecular weight excluding hydrogens is 351 g/mol. The molecule has 25 heavy (non-hydrogen) atoms. The van der Waals surface area contributed by atoms with Gasteiger partial charge in [-0.3, -0.25) is 4.79 Å². The molecule has 0 bridgehead atoms. The van der Waals surface area contributed by atoms with E-state index in [9.17, 15) is 9.18 Å². The van der Waals surface area contributed by atoms with Crippen LogP contribution in [0.3, 0.4) is 0 Å². The minimum Gasteiger partial charge on any atom is -0.473 e. The number of carbonyl (C=O) groups excluding carboxylic acids is 1. The summed E-state index contributed by atoms with van der Waals surface area (Å²) in [6.45, 7) is 2.05. The molecule has 0 unspecified atom stereocenters. The maximum Gasteiger partial charge on any atom is 0.414 e. The summed E-state index contributed by atoms with van der Waals surface area (Å²) in [4.78, 5) is 31.2. The van der Waals surface area contributed by atoms with E-state index in [4.69, 9.17) is 19.8 Å². The third-order valence-corrected chi connectivity index (χ3v) is 3.63. The van der Waals surface area contributed by atoms with Gasteiger partial charge in [0.2, 0.25) is 0 Å². The van der Waals surface area contributed by atoms with Crippen molar-refractivity contribution in [2.75, 3.05) is 13.1 Å². The molecule has 2 aromatic rings. The normalized spacial score (nSPS) is 9.64. The molecule has 1 heterocycles. The molecule has 0 atom stereocenters. The van der Waals surface area contributed by atoms with Crippen molar-refractivity contribution in [1.29, 1.82) is 0 Å². The smallest absolute Gasteiger partial charge is 0.414 e. The minimum absolute atomic E-state index is 0.182. The summed E-state index contributed by atoms with van der Waals surface area (Å²) in [5.74, 6) is -4.17. The van der Waals surface area contributed by atoms with E-state index in [1.54, 1.807) is 11.3 Å². The Bertz CT molecular complexity index is 677. The standard InChI is InChI=1S/C14H15FN2OS.C2H2O4/c15-12-5-3-11(4-6-12)14(18)17-8-7-16-10-13-2-1-9-19-13;3-1(4)2(5)6/h1-6,9,16H,7-8,10H2,(H,17,18);(H,3,4)(H,5,6). The first-order valence-electron chi connectivity index (χ1n) is 7.13. The third-order valence-electron chi connectivity index (χ3n) is 2.76. The molecule has 0 saturated heterocycles. The number of hydrogen-bond acceptors (Lipinski definition) is 5. The van der Waals surface area contributed by atoms with Crippen molar-refractivity contribution in [3.05, 3.63) is 58.0 Å². The number of carboxylic acids is 2. The third kappa shape index (κ3) is 8.58. The fourth-order valence-corrected chi connectivity index (χ4v) is 2.27. The van der Waals surface area contributed by atoms with E-state index in [-0.39, 0.29) is 11.7 Å². The van der Waals surface area contributed by atoms with Gasteiger partial charge in [-0.15, -0.1) is 11.3 Å². The maximum absolute atomic E-state index is 12.7. The minimum atomic E-state index is -1.82. The van der Waals surface area contributed by atoms with Crippen LogP contribution in [0.15, 0.2) is 41.8 Å². The number of aliphatic carboxylic acids is 2. The molecule has 1 aromatic heterocycles. The topological polar surface area (TPSA) is 116 Å². The van der Waals surface area contributed by atoms with Gasteiger partial charge in [0.05, 0.1) is 0 Å². The number of rotatable bonds is 6. The zero-order valence-electron chi connectivity index (χ0n) is 13.1. The summed E-state index contributed by atoms with van der Waals surface area (Å²) in [6.07, 6.45) is 0. The van der Waals surface area contributed by atoms with Gasteiger partial charge in [0.1, 0.15) is 5.82 Å². The summed E-state index contributed by atoms with van der Waals surface area (Å²) >= 11 is 1.70. The number of amides is 1. The zero-order valence-corrected chi connectivity index (χ0v) is 13.9. The van der Waals surface area contributed by atoms with Crippen LogP contribution < -0.4 is 10.6 Å². The van der Waals surface area contributed by atoms with E-state index in [0.29, 0.717) is 18.7 Å². The summed E-state index contributed by atoms with van der Waals surface area (Å²) in [5, 5.41) is 22.8. The van der Waals surface area contributed by atoms with Crippen LogP contribution in [0.4, 0.5) is 4.39 Å². The second-order valence-electron chi connectivity index (χ2n) is 4.63. The second-order valence-corrected chi connectivity index (χ2v) is 5.66. The maximum atomic E-state index is 12.7. The number of halogens is 1. The predicted molar refractivity (Wildman–Crippen MR) is 90.0 cm³/mol. The highest BCUT2D eigenvalue weighted by molar-refractivity contribution is 7.09. The molecule has 0 aliphatic rings. The van der Waals surface area contributed by atoms with Crippen LogP contribution in [0.5, 0.6) is 0 Å². The largest absolute Gasteiger partial charge is 0.473 e. The monoisotopic (exact) mass is 368 g/mol. The Morgan fingerprint density at radius 3 is 2.16 bits per heavy atom. The van der Waals surface area contributed by atoms with Gasteiger partial charge in [-0.25, -0.2) is 14.0 Å². The van der Waals surface area contributed by atoms with Gasteiger partial charge in [0, 0.05) is 30.1 Å². The highest BCUT2D eigenvalue weighted by atomic mass is 32.1. The van der Waals surface area contributed by atoms with Crippen molar-refractivity contribution in [1.82, 2.24) is 10.6 Å². The van der Waals surface area contributed by atoms with Gasteiger partial charge in [0.25, 0.3) is 5.91 Å².